The van der Waals surface area contributed by atoms with Crippen molar-refractivity contribution >= 4 is 17.7 Å². The maximum Gasteiger partial charge on any atom is 0.225 e. The highest BCUT2D eigenvalue weighted by atomic mass is 15.3. The summed E-state index contributed by atoms with van der Waals surface area (Å²) < 4.78 is 0. The molecule has 1 saturated heterocycles. The molecule has 7 nitrogen and oxygen atoms in total. The first-order valence-electron chi connectivity index (χ1n) is 10.2. The zero-order valence-electron chi connectivity index (χ0n) is 16.8. The number of benzene rings is 1. The van der Waals surface area contributed by atoms with Crippen molar-refractivity contribution in [3.05, 3.63) is 66.1 Å². The van der Waals surface area contributed by atoms with Crippen molar-refractivity contribution in [3.63, 3.8) is 0 Å². The summed E-state index contributed by atoms with van der Waals surface area (Å²) in [7, 11) is 0. The Balaban J connectivity index is 1.31. The minimum absolute atomic E-state index is 0.710. The standard InChI is InChI=1S/C22H27N7/c1-18-17-20(28-13-15-29(16-14-28)22-24-11-6-12-25-22)27-21(26-18)23-10-5-9-19-7-3-2-4-8-19/h2-4,6-8,11-12,17H,5,9-10,13-16H2,1H3,(H,23,26,27). The van der Waals surface area contributed by atoms with E-state index in [1.807, 2.05) is 13.0 Å². The zero-order chi connectivity index (χ0) is 19.9. The lowest BCUT2D eigenvalue weighted by molar-refractivity contribution is 0.633. The van der Waals surface area contributed by atoms with Gasteiger partial charge in [0.25, 0.3) is 0 Å². The summed E-state index contributed by atoms with van der Waals surface area (Å²) in [6.45, 7) is 6.43. The zero-order valence-corrected chi connectivity index (χ0v) is 16.8. The van der Waals surface area contributed by atoms with E-state index in [1.54, 1.807) is 12.4 Å². The first kappa shape index (κ1) is 19.1. The first-order chi connectivity index (χ1) is 14.3. The van der Waals surface area contributed by atoms with E-state index < -0.39 is 0 Å². The lowest BCUT2D eigenvalue weighted by Crippen LogP contribution is -2.47. The molecule has 0 atom stereocenters. The third-order valence-corrected chi connectivity index (χ3v) is 5.05. The van der Waals surface area contributed by atoms with Crippen LogP contribution in [-0.2, 0) is 6.42 Å². The summed E-state index contributed by atoms with van der Waals surface area (Å²) in [5.41, 5.74) is 2.34. The Labute approximate surface area is 171 Å². The predicted molar refractivity (Wildman–Crippen MR) is 116 cm³/mol. The highest BCUT2D eigenvalue weighted by Crippen LogP contribution is 2.18. The molecule has 1 aliphatic rings. The van der Waals surface area contributed by atoms with Gasteiger partial charge in [-0.2, -0.15) is 4.98 Å². The van der Waals surface area contributed by atoms with Crippen molar-refractivity contribution < 1.29 is 0 Å². The van der Waals surface area contributed by atoms with Gasteiger partial charge in [0.2, 0.25) is 11.9 Å². The van der Waals surface area contributed by atoms with Crippen molar-refractivity contribution in [3.8, 4) is 0 Å². The lowest BCUT2D eigenvalue weighted by atomic mass is 10.1. The molecule has 0 saturated carbocycles. The number of hydrogen-bond acceptors (Lipinski definition) is 7. The topological polar surface area (TPSA) is 70.1 Å². The average molecular weight is 390 g/mol. The van der Waals surface area contributed by atoms with Crippen molar-refractivity contribution in [2.24, 2.45) is 0 Å². The van der Waals surface area contributed by atoms with E-state index in [0.717, 1.165) is 63.0 Å². The Kier molecular flexibility index (Phi) is 6.14. The molecule has 3 heterocycles. The number of aromatic nitrogens is 4. The molecule has 0 unspecified atom stereocenters. The highest BCUT2D eigenvalue weighted by Gasteiger charge is 2.20. The van der Waals surface area contributed by atoms with E-state index in [-0.39, 0.29) is 0 Å². The van der Waals surface area contributed by atoms with Crippen LogP contribution in [0, 0.1) is 6.92 Å². The summed E-state index contributed by atoms with van der Waals surface area (Å²) in [5, 5.41) is 3.39. The Morgan fingerprint density at radius 3 is 2.38 bits per heavy atom. The molecule has 1 fully saturated rings. The number of rotatable bonds is 7. The quantitative estimate of drug-likeness (QED) is 0.623. The Morgan fingerprint density at radius 1 is 0.897 bits per heavy atom. The fourth-order valence-electron chi connectivity index (χ4n) is 3.52. The summed E-state index contributed by atoms with van der Waals surface area (Å²) in [5.74, 6) is 2.49. The Hall–Kier alpha value is -3.22. The minimum Gasteiger partial charge on any atom is -0.354 e. The fourth-order valence-corrected chi connectivity index (χ4v) is 3.52. The molecule has 7 heteroatoms. The van der Waals surface area contributed by atoms with Gasteiger partial charge in [-0.05, 0) is 31.4 Å². The van der Waals surface area contributed by atoms with Gasteiger partial charge in [-0.3, -0.25) is 0 Å². The molecule has 0 bridgehead atoms. The van der Waals surface area contributed by atoms with E-state index >= 15 is 0 Å². The molecule has 0 aliphatic carbocycles. The van der Waals surface area contributed by atoms with Gasteiger partial charge < -0.3 is 15.1 Å². The van der Waals surface area contributed by atoms with Crippen LogP contribution in [0.5, 0.6) is 0 Å². The van der Waals surface area contributed by atoms with Gasteiger partial charge in [-0.1, -0.05) is 30.3 Å². The second-order valence-corrected chi connectivity index (χ2v) is 7.23. The van der Waals surface area contributed by atoms with E-state index in [0.29, 0.717) is 5.95 Å². The summed E-state index contributed by atoms with van der Waals surface area (Å²) in [6, 6.07) is 14.5. The molecule has 0 spiro atoms. The van der Waals surface area contributed by atoms with Gasteiger partial charge in [0.05, 0.1) is 0 Å². The van der Waals surface area contributed by atoms with Gasteiger partial charge in [-0.15, -0.1) is 0 Å². The van der Waals surface area contributed by atoms with Crippen LogP contribution in [0.25, 0.3) is 0 Å². The highest BCUT2D eigenvalue weighted by molar-refractivity contribution is 5.47. The molecule has 1 aromatic carbocycles. The van der Waals surface area contributed by atoms with E-state index in [2.05, 4.69) is 66.5 Å². The summed E-state index contributed by atoms with van der Waals surface area (Å²) in [6.07, 6.45) is 5.68. The average Bonchev–Trinajstić information content (AvgIpc) is 2.78. The monoisotopic (exact) mass is 389 g/mol. The summed E-state index contributed by atoms with van der Waals surface area (Å²) >= 11 is 0. The maximum absolute atomic E-state index is 4.75. The molecule has 0 radical (unpaired) electrons. The predicted octanol–water partition coefficient (Wildman–Crippen LogP) is 2.95. The minimum atomic E-state index is 0.710. The van der Waals surface area contributed by atoms with E-state index in [1.165, 1.54) is 5.56 Å². The van der Waals surface area contributed by atoms with Gasteiger partial charge >= 0.3 is 0 Å². The maximum atomic E-state index is 4.75. The van der Waals surface area contributed by atoms with E-state index in [4.69, 9.17) is 4.98 Å². The molecule has 4 rings (SSSR count). The Bertz CT molecular complexity index is 894. The molecule has 29 heavy (non-hydrogen) atoms. The second kappa shape index (κ2) is 9.32. The number of nitrogens with one attached hydrogen (secondary N) is 1. The first-order valence-corrected chi connectivity index (χ1v) is 10.2. The van der Waals surface area contributed by atoms with Crippen LogP contribution < -0.4 is 15.1 Å². The lowest BCUT2D eigenvalue weighted by Gasteiger charge is -2.35. The van der Waals surface area contributed by atoms with Crippen molar-refractivity contribution in [2.45, 2.75) is 19.8 Å². The van der Waals surface area contributed by atoms with Crippen LogP contribution in [0.15, 0.2) is 54.9 Å². The molecule has 150 valence electrons. The summed E-state index contributed by atoms with van der Waals surface area (Å²) in [4.78, 5) is 22.5. The normalized spacial score (nSPS) is 14.1. The molecule has 0 amide bonds. The van der Waals surface area contributed by atoms with Gasteiger partial charge in [0, 0.05) is 56.9 Å². The molecular weight excluding hydrogens is 362 g/mol. The number of anilines is 3. The van der Waals surface area contributed by atoms with Gasteiger partial charge in [0.1, 0.15) is 5.82 Å². The molecule has 3 aromatic rings. The van der Waals surface area contributed by atoms with Crippen LogP contribution >= 0.6 is 0 Å². The molecular formula is C22H27N7. The van der Waals surface area contributed by atoms with Crippen LogP contribution in [-0.4, -0.2) is 52.7 Å². The van der Waals surface area contributed by atoms with Gasteiger partial charge in [-0.25, -0.2) is 15.0 Å². The van der Waals surface area contributed by atoms with E-state index in [9.17, 15) is 0 Å². The van der Waals surface area contributed by atoms with Crippen molar-refractivity contribution in [1.82, 2.24) is 19.9 Å². The van der Waals surface area contributed by atoms with Crippen molar-refractivity contribution in [1.29, 1.82) is 0 Å². The molecule has 1 aliphatic heterocycles. The van der Waals surface area contributed by atoms with Crippen LogP contribution in [0.3, 0.4) is 0 Å². The third-order valence-electron chi connectivity index (χ3n) is 5.05. The number of piperazine rings is 1. The second-order valence-electron chi connectivity index (χ2n) is 7.23. The third kappa shape index (κ3) is 5.19. The van der Waals surface area contributed by atoms with Crippen molar-refractivity contribution in [2.75, 3.05) is 47.8 Å². The Morgan fingerprint density at radius 2 is 1.62 bits per heavy atom. The number of nitrogens with zero attached hydrogens (tertiary/aromatic N) is 6. The van der Waals surface area contributed by atoms with Gasteiger partial charge in [0.15, 0.2) is 0 Å². The van der Waals surface area contributed by atoms with Crippen LogP contribution in [0.1, 0.15) is 17.7 Å². The number of hydrogen-bond donors (Lipinski definition) is 1. The number of aryl methyl sites for hydroxylation is 2. The van der Waals surface area contributed by atoms with Crippen LogP contribution in [0.2, 0.25) is 0 Å². The molecule has 1 N–H and O–H groups in total. The largest absolute Gasteiger partial charge is 0.354 e. The van der Waals surface area contributed by atoms with Crippen LogP contribution in [0.4, 0.5) is 17.7 Å². The SMILES string of the molecule is Cc1cc(N2CCN(c3ncccn3)CC2)nc(NCCCc2ccccc2)n1. The molecule has 2 aromatic heterocycles. The fraction of sp³-hybridized carbons (Fsp3) is 0.364. The smallest absolute Gasteiger partial charge is 0.225 e.